The van der Waals surface area contributed by atoms with Gasteiger partial charge >= 0.3 is 0 Å². The van der Waals surface area contributed by atoms with Crippen molar-refractivity contribution in [2.45, 2.75) is 30.3 Å². The maximum atomic E-state index is 12.8. The molecule has 0 radical (unpaired) electrons. The van der Waals surface area contributed by atoms with Gasteiger partial charge in [0.15, 0.2) is 0 Å². The molecule has 2 heterocycles. The quantitative estimate of drug-likeness (QED) is 0.890. The summed E-state index contributed by atoms with van der Waals surface area (Å²) in [5.74, 6) is 0. The van der Waals surface area contributed by atoms with E-state index in [0.717, 1.165) is 31.5 Å². The molecule has 116 valence electrons. The minimum absolute atomic E-state index is 0.353. The summed E-state index contributed by atoms with van der Waals surface area (Å²) < 4.78 is 33.0. The Morgan fingerprint density at radius 1 is 1.29 bits per heavy atom. The van der Waals surface area contributed by atoms with Gasteiger partial charge in [0.1, 0.15) is 0 Å². The lowest BCUT2D eigenvalue weighted by atomic mass is 9.93. The van der Waals surface area contributed by atoms with Crippen LogP contribution in [-0.2, 0) is 14.8 Å². The molecule has 0 aromatic heterocycles. The second kappa shape index (κ2) is 5.68. The number of hydrogen-bond donors (Lipinski definition) is 1. The molecule has 1 aromatic rings. The van der Waals surface area contributed by atoms with E-state index < -0.39 is 10.0 Å². The average Bonchev–Trinajstić information content (AvgIpc) is 2.48. The molecule has 2 aliphatic rings. The van der Waals surface area contributed by atoms with Crippen LogP contribution < -0.4 is 5.32 Å². The summed E-state index contributed by atoms with van der Waals surface area (Å²) in [7, 11) is -3.43. The fourth-order valence-electron chi connectivity index (χ4n) is 3.07. The lowest BCUT2D eigenvalue weighted by Crippen LogP contribution is -2.59. The van der Waals surface area contributed by atoms with E-state index in [-0.39, 0.29) is 5.60 Å². The van der Waals surface area contributed by atoms with Gasteiger partial charge in [-0.05, 0) is 38.4 Å². The van der Waals surface area contributed by atoms with E-state index in [9.17, 15) is 8.42 Å². The van der Waals surface area contributed by atoms with Crippen LogP contribution in [0.15, 0.2) is 29.2 Å². The van der Waals surface area contributed by atoms with Gasteiger partial charge in [-0.3, -0.25) is 0 Å². The SMILES string of the molecule is Cc1ccc(S(=O)(=O)N2CCOC3(CCCNC3)C2)cc1. The van der Waals surface area contributed by atoms with Crippen molar-refractivity contribution >= 4 is 10.0 Å². The Kier molecular flexibility index (Phi) is 4.05. The van der Waals surface area contributed by atoms with Crippen LogP contribution in [0, 0.1) is 6.92 Å². The van der Waals surface area contributed by atoms with Crippen LogP contribution in [0.1, 0.15) is 18.4 Å². The van der Waals surface area contributed by atoms with E-state index in [1.54, 1.807) is 16.4 Å². The smallest absolute Gasteiger partial charge is 0.243 e. The minimum atomic E-state index is -3.43. The van der Waals surface area contributed by atoms with Crippen molar-refractivity contribution in [1.29, 1.82) is 0 Å². The van der Waals surface area contributed by atoms with Crippen LogP contribution in [0.3, 0.4) is 0 Å². The van der Waals surface area contributed by atoms with Crippen molar-refractivity contribution in [2.75, 3.05) is 32.8 Å². The van der Waals surface area contributed by atoms with Gasteiger partial charge < -0.3 is 10.1 Å². The zero-order chi connectivity index (χ0) is 14.9. The Labute approximate surface area is 126 Å². The summed E-state index contributed by atoms with van der Waals surface area (Å²) in [4.78, 5) is 0.369. The number of rotatable bonds is 2. The number of piperidine rings is 1. The van der Waals surface area contributed by atoms with E-state index in [2.05, 4.69) is 5.32 Å². The molecule has 1 unspecified atom stereocenters. The largest absolute Gasteiger partial charge is 0.371 e. The second-order valence-electron chi connectivity index (χ2n) is 5.96. The van der Waals surface area contributed by atoms with Crippen molar-refractivity contribution < 1.29 is 13.2 Å². The first kappa shape index (κ1) is 15.0. The molecule has 0 amide bonds. The minimum Gasteiger partial charge on any atom is -0.371 e. The van der Waals surface area contributed by atoms with Crippen LogP contribution in [0.5, 0.6) is 0 Å². The zero-order valence-electron chi connectivity index (χ0n) is 12.3. The van der Waals surface area contributed by atoms with Gasteiger partial charge in [-0.1, -0.05) is 17.7 Å². The summed E-state index contributed by atoms with van der Waals surface area (Å²) in [6, 6.07) is 7.05. The Hall–Kier alpha value is -0.950. The van der Waals surface area contributed by atoms with E-state index in [1.165, 1.54) is 0 Å². The molecule has 2 fully saturated rings. The molecule has 1 aromatic carbocycles. The van der Waals surface area contributed by atoms with Crippen LogP contribution >= 0.6 is 0 Å². The number of nitrogens with zero attached hydrogens (tertiary/aromatic N) is 1. The first-order valence-electron chi connectivity index (χ1n) is 7.43. The van der Waals surface area contributed by atoms with Crippen LogP contribution in [0.25, 0.3) is 0 Å². The lowest BCUT2D eigenvalue weighted by molar-refractivity contribution is -0.100. The molecule has 2 saturated heterocycles. The first-order chi connectivity index (χ1) is 10.0. The molecule has 21 heavy (non-hydrogen) atoms. The number of aryl methyl sites for hydroxylation is 1. The molecular weight excluding hydrogens is 288 g/mol. The molecule has 1 N–H and O–H groups in total. The molecule has 0 bridgehead atoms. The first-order valence-corrected chi connectivity index (χ1v) is 8.87. The molecule has 0 saturated carbocycles. The topological polar surface area (TPSA) is 58.6 Å². The summed E-state index contributed by atoms with van der Waals surface area (Å²) in [5.41, 5.74) is 0.706. The number of hydrogen-bond acceptors (Lipinski definition) is 4. The number of nitrogens with one attached hydrogen (secondary N) is 1. The fraction of sp³-hybridized carbons (Fsp3) is 0.600. The van der Waals surface area contributed by atoms with Crippen LogP contribution in [0.2, 0.25) is 0 Å². The highest BCUT2D eigenvalue weighted by molar-refractivity contribution is 7.89. The van der Waals surface area contributed by atoms with E-state index in [4.69, 9.17) is 4.74 Å². The van der Waals surface area contributed by atoms with Crippen molar-refractivity contribution in [3.63, 3.8) is 0 Å². The molecule has 1 spiro atoms. The van der Waals surface area contributed by atoms with Gasteiger partial charge in [0.2, 0.25) is 10.0 Å². The van der Waals surface area contributed by atoms with E-state index >= 15 is 0 Å². The molecular formula is C15H22N2O3S. The van der Waals surface area contributed by atoms with Gasteiger partial charge in [-0.2, -0.15) is 4.31 Å². The van der Waals surface area contributed by atoms with E-state index in [0.29, 0.717) is 24.6 Å². The molecule has 6 heteroatoms. The molecule has 1 atom stereocenters. The zero-order valence-corrected chi connectivity index (χ0v) is 13.2. The van der Waals surface area contributed by atoms with Gasteiger partial charge in [-0.15, -0.1) is 0 Å². The van der Waals surface area contributed by atoms with Crippen molar-refractivity contribution in [2.24, 2.45) is 0 Å². The Balaban J connectivity index is 1.83. The van der Waals surface area contributed by atoms with E-state index in [1.807, 2.05) is 19.1 Å². The molecule has 2 aliphatic heterocycles. The molecule has 5 nitrogen and oxygen atoms in total. The van der Waals surface area contributed by atoms with Crippen molar-refractivity contribution in [1.82, 2.24) is 9.62 Å². The van der Waals surface area contributed by atoms with Gasteiger partial charge in [0, 0.05) is 19.6 Å². The van der Waals surface area contributed by atoms with Gasteiger partial charge in [-0.25, -0.2) is 8.42 Å². The lowest BCUT2D eigenvalue weighted by Gasteiger charge is -2.44. The highest BCUT2D eigenvalue weighted by atomic mass is 32.2. The standard InChI is InChI=1S/C15H22N2O3S/c1-13-3-5-14(6-4-13)21(18,19)17-9-10-20-15(12-17)7-2-8-16-11-15/h3-6,16H,2,7-12H2,1H3. The third-order valence-electron chi connectivity index (χ3n) is 4.31. The van der Waals surface area contributed by atoms with Crippen molar-refractivity contribution in [3.8, 4) is 0 Å². The number of morpholine rings is 1. The van der Waals surface area contributed by atoms with Crippen LogP contribution in [0.4, 0.5) is 0 Å². The Bertz CT molecular complexity index is 586. The molecule has 0 aliphatic carbocycles. The van der Waals surface area contributed by atoms with Gasteiger partial charge in [0.05, 0.1) is 17.1 Å². The maximum Gasteiger partial charge on any atom is 0.243 e. The number of benzene rings is 1. The summed E-state index contributed by atoms with van der Waals surface area (Å²) in [5, 5.41) is 3.32. The maximum absolute atomic E-state index is 12.8. The third-order valence-corrected chi connectivity index (χ3v) is 6.16. The average molecular weight is 310 g/mol. The molecule has 3 rings (SSSR count). The number of ether oxygens (including phenoxy) is 1. The summed E-state index contributed by atoms with van der Waals surface area (Å²) in [6.07, 6.45) is 1.94. The third kappa shape index (κ3) is 2.99. The summed E-state index contributed by atoms with van der Waals surface area (Å²) >= 11 is 0. The fourth-order valence-corrected chi connectivity index (χ4v) is 4.57. The highest BCUT2D eigenvalue weighted by Gasteiger charge is 2.41. The second-order valence-corrected chi connectivity index (χ2v) is 7.90. The van der Waals surface area contributed by atoms with Crippen molar-refractivity contribution in [3.05, 3.63) is 29.8 Å². The Morgan fingerprint density at radius 3 is 2.71 bits per heavy atom. The predicted octanol–water partition coefficient (Wildman–Crippen LogP) is 1.14. The Morgan fingerprint density at radius 2 is 2.05 bits per heavy atom. The number of sulfonamides is 1. The van der Waals surface area contributed by atoms with Gasteiger partial charge in [0.25, 0.3) is 0 Å². The monoisotopic (exact) mass is 310 g/mol. The summed E-state index contributed by atoms with van der Waals surface area (Å²) in [6.45, 7) is 5.00. The highest BCUT2D eigenvalue weighted by Crippen LogP contribution is 2.28. The van der Waals surface area contributed by atoms with Crippen LogP contribution in [-0.4, -0.2) is 51.1 Å². The predicted molar refractivity (Wildman–Crippen MR) is 80.7 cm³/mol. The normalized spacial score (nSPS) is 27.9.